The smallest absolute Gasteiger partial charge is 0.254 e. The molecule has 0 bridgehead atoms. The third kappa shape index (κ3) is 4.29. The highest BCUT2D eigenvalue weighted by Crippen LogP contribution is 2.11. The zero-order valence-corrected chi connectivity index (χ0v) is 10.4. The number of nitrogens with two attached hydrogens (primary N) is 1. The van der Waals surface area contributed by atoms with Crippen LogP contribution in [0.2, 0.25) is 0 Å². The maximum atomic E-state index is 13.4. The zero-order valence-electron chi connectivity index (χ0n) is 10.4. The minimum Gasteiger partial charge on any atom is -0.381 e. The largest absolute Gasteiger partial charge is 0.381 e. The van der Waals surface area contributed by atoms with Gasteiger partial charge in [0.2, 0.25) is 0 Å². The van der Waals surface area contributed by atoms with Crippen LogP contribution in [0.15, 0.2) is 12.3 Å². The molecule has 0 atom stereocenters. The molecule has 100 valence electrons. The highest BCUT2D eigenvalue weighted by Gasteiger charge is 2.13. The van der Waals surface area contributed by atoms with Gasteiger partial charge < -0.3 is 15.8 Å². The number of anilines is 1. The highest BCUT2D eigenvalue weighted by atomic mass is 19.1. The van der Waals surface area contributed by atoms with Crippen LogP contribution in [0.25, 0.3) is 0 Å². The van der Waals surface area contributed by atoms with Crippen LogP contribution >= 0.6 is 0 Å². The first-order valence-corrected chi connectivity index (χ1v) is 5.92. The summed E-state index contributed by atoms with van der Waals surface area (Å²) in [5, 5.41) is 2.56. The molecule has 1 heterocycles. The number of amides is 1. The zero-order chi connectivity index (χ0) is 13.4. The minimum absolute atomic E-state index is 0.101. The average Bonchev–Trinajstić information content (AvgIpc) is 2.36. The van der Waals surface area contributed by atoms with Crippen molar-refractivity contribution in [1.29, 1.82) is 0 Å². The molecule has 1 rings (SSSR count). The predicted molar refractivity (Wildman–Crippen MR) is 66.7 cm³/mol. The molecule has 6 heteroatoms. The molecule has 1 aromatic heterocycles. The van der Waals surface area contributed by atoms with Crippen LogP contribution < -0.4 is 11.1 Å². The summed E-state index contributed by atoms with van der Waals surface area (Å²) >= 11 is 0. The van der Waals surface area contributed by atoms with Gasteiger partial charge in [-0.05, 0) is 12.5 Å². The molecule has 0 fully saturated rings. The van der Waals surface area contributed by atoms with Crippen LogP contribution in [0.4, 0.5) is 10.2 Å². The van der Waals surface area contributed by atoms with Crippen molar-refractivity contribution in [1.82, 2.24) is 10.3 Å². The van der Waals surface area contributed by atoms with E-state index in [4.69, 9.17) is 10.5 Å². The number of unbranched alkanes of at least 4 members (excludes halogenated alkanes) is 1. The molecule has 0 unspecified atom stereocenters. The third-order valence-electron chi connectivity index (χ3n) is 2.33. The Bertz CT molecular complexity index is 399. The van der Waals surface area contributed by atoms with Gasteiger partial charge in [0, 0.05) is 19.3 Å². The van der Waals surface area contributed by atoms with E-state index in [0.29, 0.717) is 19.8 Å². The van der Waals surface area contributed by atoms with Gasteiger partial charge in [0.25, 0.3) is 5.91 Å². The fourth-order valence-electron chi connectivity index (χ4n) is 1.32. The Kier molecular flexibility index (Phi) is 6.07. The Balaban J connectivity index is 2.35. The molecular weight excluding hydrogens is 237 g/mol. The van der Waals surface area contributed by atoms with E-state index in [-0.39, 0.29) is 11.4 Å². The Hall–Kier alpha value is -1.69. The van der Waals surface area contributed by atoms with Gasteiger partial charge in [-0.3, -0.25) is 4.79 Å². The summed E-state index contributed by atoms with van der Waals surface area (Å²) in [7, 11) is 0. The van der Waals surface area contributed by atoms with E-state index >= 15 is 0 Å². The van der Waals surface area contributed by atoms with Crippen LogP contribution in [-0.2, 0) is 4.74 Å². The van der Waals surface area contributed by atoms with Gasteiger partial charge >= 0.3 is 0 Å². The fraction of sp³-hybridized carbons (Fsp3) is 0.500. The lowest BCUT2D eigenvalue weighted by molar-refractivity contribution is 0.0909. The van der Waals surface area contributed by atoms with Gasteiger partial charge in [0.15, 0.2) is 11.6 Å². The Labute approximate surface area is 106 Å². The number of halogens is 1. The number of nitrogens with zero attached hydrogens (tertiary/aromatic N) is 1. The second-order valence-corrected chi connectivity index (χ2v) is 3.78. The number of pyridine rings is 1. The van der Waals surface area contributed by atoms with Gasteiger partial charge in [-0.1, -0.05) is 13.3 Å². The molecular formula is C12H18FN3O2. The lowest BCUT2D eigenvalue weighted by atomic mass is 10.2. The molecule has 0 aliphatic rings. The van der Waals surface area contributed by atoms with Crippen LogP contribution in [-0.4, -0.2) is 30.6 Å². The molecule has 0 radical (unpaired) electrons. The number of rotatable bonds is 7. The lowest BCUT2D eigenvalue weighted by Gasteiger charge is -2.07. The van der Waals surface area contributed by atoms with Gasteiger partial charge in [-0.2, -0.15) is 0 Å². The topological polar surface area (TPSA) is 77.2 Å². The van der Waals surface area contributed by atoms with Gasteiger partial charge in [-0.25, -0.2) is 9.37 Å². The summed E-state index contributed by atoms with van der Waals surface area (Å²) in [6.07, 6.45) is 3.35. The van der Waals surface area contributed by atoms with Crippen LogP contribution in [0, 0.1) is 5.82 Å². The van der Waals surface area contributed by atoms with Crippen molar-refractivity contribution in [2.45, 2.75) is 19.8 Å². The lowest BCUT2D eigenvalue weighted by Crippen LogP contribution is -2.28. The van der Waals surface area contributed by atoms with Gasteiger partial charge in [0.1, 0.15) is 0 Å². The summed E-state index contributed by atoms with van der Waals surface area (Å²) in [6.45, 7) is 3.49. The van der Waals surface area contributed by atoms with Gasteiger partial charge in [0.05, 0.1) is 12.2 Å². The summed E-state index contributed by atoms with van der Waals surface area (Å²) in [5.74, 6) is -1.58. The molecule has 1 amide bonds. The van der Waals surface area contributed by atoms with E-state index in [2.05, 4.69) is 17.2 Å². The van der Waals surface area contributed by atoms with Crippen LogP contribution in [0.3, 0.4) is 0 Å². The first kappa shape index (κ1) is 14.4. The van der Waals surface area contributed by atoms with E-state index in [1.54, 1.807) is 0 Å². The van der Waals surface area contributed by atoms with E-state index < -0.39 is 11.7 Å². The summed E-state index contributed by atoms with van der Waals surface area (Å²) in [6, 6.07) is 1.29. The monoisotopic (exact) mass is 255 g/mol. The molecule has 0 saturated heterocycles. The van der Waals surface area contributed by atoms with Crippen molar-refractivity contribution in [2.24, 2.45) is 0 Å². The van der Waals surface area contributed by atoms with Crippen molar-refractivity contribution in [3.8, 4) is 0 Å². The minimum atomic E-state index is -0.790. The van der Waals surface area contributed by atoms with E-state index in [0.717, 1.165) is 12.8 Å². The van der Waals surface area contributed by atoms with Crippen molar-refractivity contribution in [3.63, 3.8) is 0 Å². The van der Waals surface area contributed by atoms with E-state index in [1.807, 2.05) is 0 Å². The van der Waals surface area contributed by atoms with Crippen molar-refractivity contribution in [2.75, 3.05) is 25.5 Å². The Morgan fingerprint density at radius 2 is 2.33 bits per heavy atom. The molecule has 0 saturated carbocycles. The normalized spacial score (nSPS) is 10.3. The summed E-state index contributed by atoms with van der Waals surface area (Å²) in [5.41, 5.74) is 5.18. The molecule has 0 spiro atoms. The molecule has 0 aliphatic heterocycles. The molecule has 3 N–H and O–H groups in total. The predicted octanol–water partition coefficient (Wildman–Crippen LogP) is 1.35. The van der Waals surface area contributed by atoms with Gasteiger partial charge in [-0.15, -0.1) is 0 Å². The molecule has 18 heavy (non-hydrogen) atoms. The SMILES string of the molecule is CCCCOCCNC(=O)c1ccnc(N)c1F. The number of nitrogens with one attached hydrogen (secondary N) is 1. The summed E-state index contributed by atoms with van der Waals surface area (Å²) < 4.78 is 18.7. The highest BCUT2D eigenvalue weighted by molar-refractivity contribution is 5.95. The standard InChI is InChI=1S/C12H18FN3O2/c1-2-3-7-18-8-6-16-12(17)9-4-5-15-11(14)10(9)13/h4-5H,2-3,6-8H2,1H3,(H2,14,15)(H,16,17). The molecule has 0 aliphatic carbocycles. The molecule has 1 aromatic rings. The summed E-state index contributed by atoms with van der Waals surface area (Å²) in [4.78, 5) is 15.2. The number of nitrogen functional groups attached to an aromatic ring is 1. The fourth-order valence-corrected chi connectivity index (χ4v) is 1.32. The van der Waals surface area contributed by atoms with Crippen molar-refractivity contribution >= 4 is 11.7 Å². The number of ether oxygens (including phenoxy) is 1. The number of hydrogen-bond acceptors (Lipinski definition) is 4. The van der Waals surface area contributed by atoms with Crippen molar-refractivity contribution < 1.29 is 13.9 Å². The van der Waals surface area contributed by atoms with Crippen LogP contribution in [0.5, 0.6) is 0 Å². The maximum absolute atomic E-state index is 13.4. The number of aromatic nitrogens is 1. The van der Waals surface area contributed by atoms with Crippen molar-refractivity contribution in [3.05, 3.63) is 23.6 Å². The van der Waals surface area contributed by atoms with E-state index in [9.17, 15) is 9.18 Å². The second kappa shape index (κ2) is 7.60. The first-order valence-electron chi connectivity index (χ1n) is 5.92. The molecule has 0 aromatic carbocycles. The molecule has 5 nitrogen and oxygen atoms in total. The quantitative estimate of drug-likeness (QED) is 0.721. The number of hydrogen-bond donors (Lipinski definition) is 2. The van der Waals surface area contributed by atoms with E-state index in [1.165, 1.54) is 12.3 Å². The number of carbonyl (C=O) groups is 1. The van der Waals surface area contributed by atoms with Crippen LogP contribution in [0.1, 0.15) is 30.1 Å². The third-order valence-corrected chi connectivity index (χ3v) is 2.33. The second-order valence-electron chi connectivity index (χ2n) is 3.78. The average molecular weight is 255 g/mol. The first-order chi connectivity index (χ1) is 8.66. The maximum Gasteiger partial charge on any atom is 0.254 e. The Morgan fingerprint density at radius 1 is 1.56 bits per heavy atom. The Morgan fingerprint density at radius 3 is 3.06 bits per heavy atom. The number of carbonyl (C=O) groups excluding carboxylic acids is 1.